The molecule has 0 aliphatic carbocycles. The molecule has 0 atom stereocenters. The van der Waals surface area contributed by atoms with Crippen LogP contribution in [-0.2, 0) is 13.0 Å². The number of hydrogen-bond acceptors (Lipinski definition) is 3. The van der Waals surface area contributed by atoms with Crippen molar-refractivity contribution in [1.82, 2.24) is 9.80 Å². The Morgan fingerprint density at radius 2 is 1.53 bits per heavy atom. The van der Waals surface area contributed by atoms with Crippen LogP contribution in [0.3, 0.4) is 0 Å². The van der Waals surface area contributed by atoms with E-state index in [0.29, 0.717) is 18.7 Å². The number of rotatable bonds is 7. The number of hydrogen-bond donors (Lipinski definition) is 0. The average molecular weight is 487 g/mol. The fourth-order valence-corrected chi connectivity index (χ4v) is 5.40. The monoisotopic (exact) mass is 486 g/mol. The molecular formula is C31H35FN2O2. The van der Waals surface area contributed by atoms with E-state index < -0.39 is 0 Å². The van der Waals surface area contributed by atoms with Gasteiger partial charge in [-0.1, -0.05) is 48.5 Å². The number of amides is 1. The molecule has 0 radical (unpaired) electrons. The average Bonchev–Trinajstić information content (AvgIpc) is 2.92. The summed E-state index contributed by atoms with van der Waals surface area (Å²) in [6.45, 7) is 4.54. The minimum absolute atomic E-state index is 0.0936. The Balaban J connectivity index is 1.04. The first-order chi connectivity index (χ1) is 17.6. The van der Waals surface area contributed by atoms with Crippen LogP contribution in [0.25, 0.3) is 0 Å². The maximum atomic E-state index is 13.5. The molecule has 4 nitrogen and oxygen atoms in total. The third-order valence-corrected chi connectivity index (χ3v) is 7.51. The van der Waals surface area contributed by atoms with Crippen molar-refractivity contribution >= 4 is 5.91 Å². The summed E-state index contributed by atoms with van der Waals surface area (Å²) in [5.74, 6) is 1.18. The van der Waals surface area contributed by atoms with Gasteiger partial charge in [0.25, 0.3) is 5.91 Å². The van der Waals surface area contributed by atoms with Crippen molar-refractivity contribution in [2.75, 3.05) is 26.2 Å². The van der Waals surface area contributed by atoms with E-state index in [-0.39, 0.29) is 17.8 Å². The molecule has 3 aromatic rings. The Kier molecular flexibility index (Phi) is 7.97. The Morgan fingerprint density at radius 3 is 2.22 bits per heavy atom. The normalized spacial score (nSPS) is 17.8. The summed E-state index contributed by atoms with van der Waals surface area (Å²) in [5.41, 5.74) is 3.18. The van der Waals surface area contributed by atoms with Gasteiger partial charge in [0.15, 0.2) is 0 Å². The predicted octanol–water partition coefficient (Wildman–Crippen LogP) is 5.96. The number of carbonyl (C=O) groups excluding carboxylic acids is 1. The molecule has 36 heavy (non-hydrogen) atoms. The number of carbonyl (C=O) groups is 1. The first kappa shape index (κ1) is 24.5. The van der Waals surface area contributed by atoms with E-state index >= 15 is 0 Å². The van der Waals surface area contributed by atoms with Gasteiger partial charge in [-0.25, -0.2) is 4.39 Å². The summed E-state index contributed by atoms with van der Waals surface area (Å²) in [6, 6.07) is 25.2. The first-order valence-corrected chi connectivity index (χ1v) is 13.2. The van der Waals surface area contributed by atoms with Crippen molar-refractivity contribution in [3.8, 4) is 5.75 Å². The van der Waals surface area contributed by atoms with E-state index in [4.69, 9.17) is 4.74 Å². The zero-order chi connectivity index (χ0) is 24.7. The van der Waals surface area contributed by atoms with Crippen LogP contribution in [0.2, 0.25) is 0 Å². The lowest BCUT2D eigenvalue weighted by Gasteiger charge is -2.32. The number of ether oxygens (including phenoxy) is 1. The van der Waals surface area contributed by atoms with E-state index in [1.807, 2.05) is 0 Å². The van der Waals surface area contributed by atoms with Gasteiger partial charge in [-0.3, -0.25) is 9.69 Å². The molecule has 2 aliphatic rings. The van der Waals surface area contributed by atoms with Crippen LogP contribution in [0.15, 0.2) is 78.9 Å². The SMILES string of the molecule is O=C(c1cccc(F)c1)N1CCC(Oc2ccc(CN3CCC(Cc4ccccc4)CC3)cc2)CC1. The second kappa shape index (κ2) is 11.7. The van der Waals surface area contributed by atoms with E-state index in [0.717, 1.165) is 44.1 Å². The summed E-state index contributed by atoms with van der Waals surface area (Å²) in [7, 11) is 0. The number of nitrogens with zero attached hydrogens (tertiary/aromatic N) is 2. The minimum atomic E-state index is -0.380. The molecule has 2 fully saturated rings. The summed E-state index contributed by atoms with van der Waals surface area (Å²) >= 11 is 0. The molecule has 5 rings (SSSR count). The number of benzene rings is 3. The Bertz CT molecular complexity index is 1120. The zero-order valence-electron chi connectivity index (χ0n) is 20.8. The molecule has 0 saturated carbocycles. The molecule has 0 bridgehead atoms. The summed E-state index contributed by atoms with van der Waals surface area (Å²) < 4.78 is 19.7. The van der Waals surface area contributed by atoms with Crippen LogP contribution in [0.4, 0.5) is 4.39 Å². The van der Waals surface area contributed by atoms with Gasteiger partial charge in [0.2, 0.25) is 0 Å². The van der Waals surface area contributed by atoms with Gasteiger partial charge in [0.05, 0.1) is 0 Å². The molecule has 2 aliphatic heterocycles. The molecule has 1 amide bonds. The fourth-order valence-electron chi connectivity index (χ4n) is 5.40. The molecule has 2 heterocycles. The van der Waals surface area contributed by atoms with Gasteiger partial charge in [0.1, 0.15) is 17.7 Å². The highest BCUT2D eigenvalue weighted by atomic mass is 19.1. The second-order valence-electron chi connectivity index (χ2n) is 10.2. The Labute approximate surface area is 213 Å². The van der Waals surface area contributed by atoms with Crippen molar-refractivity contribution in [2.45, 2.75) is 44.8 Å². The molecule has 0 N–H and O–H groups in total. The van der Waals surface area contributed by atoms with Gasteiger partial charge in [-0.15, -0.1) is 0 Å². The van der Waals surface area contributed by atoms with E-state index in [9.17, 15) is 9.18 Å². The van der Waals surface area contributed by atoms with Crippen molar-refractivity contribution < 1.29 is 13.9 Å². The first-order valence-electron chi connectivity index (χ1n) is 13.2. The standard InChI is InChI=1S/C31H35FN2O2/c32-28-8-4-7-27(22-28)31(35)34-19-15-30(16-20-34)36-29-11-9-26(10-12-29)23-33-17-13-25(14-18-33)21-24-5-2-1-3-6-24/h1-12,22,25,30H,13-21,23H2. The maximum Gasteiger partial charge on any atom is 0.253 e. The molecule has 0 spiro atoms. The van der Waals surface area contributed by atoms with Gasteiger partial charge in [-0.05, 0) is 79.7 Å². The summed E-state index contributed by atoms with van der Waals surface area (Å²) in [4.78, 5) is 17.0. The van der Waals surface area contributed by atoms with Crippen LogP contribution >= 0.6 is 0 Å². The van der Waals surface area contributed by atoms with Gasteiger partial charge < -0.3 is 9.64 Å². The highest BCUT2D eigenvalue weighted by Crippen LogP contribution is 2.25. The van der Waals surface area contributed by atoms with Crippen molar-refractivity contribution in [2.24, 2.45) is 5.92 Å². The molecule has 188 valence electrons. The van der Waals surface area contributed by atoms with Crippen molar-refractivity contribution in [1.29, 1.82) is 0 Å². The van der Waals surface area contributed by atoms with Gasteiger partial charge >= 0.3 is 0 Å². The topological polar surface area (TPSA) is 32.8 Å². The van der Waals surface area contributed by atoms with E-state index in [1.165, 1.54) is 42.5 Å². The number of halogens is 1. The number of likely N-dealkylation sites (tertiary alicyclic amines) is 2. The van der Waals surface area contributed by atoms with Crippen LogP contribution in [0, 0.1) is 11.7 Å². The van der Waals surface area contributed by atoms with Crippen molar-refractivity contribution in [3.05, 3.63) is 101 Å². The summed E-state index contributed by atoms with van der Waals surface area (Å²) in [5, 5.41) is 0. The maximum absolute atomic E-state index is 13.5. The fraction of sp³-hybridized carbons (Fsp3) is 0.387. The Morgan fingerprint density at radius 1 is 0.806 bits per heavy atom. The van der Waals surface area contributed by atoms with Crippen molar-refractivity contribution in [3.63, 3.8) is 0 Å². The molecular weight excluding hydrogens is 451 g/mol. The molecule has 3 aromatic carbocycles. The minimum Gasteiger partial charge on any atom is -0.490 e. The third-order valence-electron chi connectivity index (χ3n) is 7.51. The van der Waals surface area contributed by atoms with Crippen LogP contribution in [0.5, 0.6) is 5.75 Å². The lowest BCUT2D eigenvalue weighted by molar-refractivity contribution is 0.0595. The second-order valence-corrected chi connectivity index (χ2v) is 10.2. The lowest BCUT2D eigenvalue weighted by Crippen LogP contribution is -2.41. The van der Waals surface area contributed by atoms with Gasteiger partial charge in [0, 0.05) is 38.0 Å². The molecule has 5 heteroatoms. The quantitative estimate of drug-likeness (QED) is 0.413. The Hall–Kier alpha value is -3.18. The molecule has 2 saturated heterocycles. The van der Waals surface area contributed by atoms with E-state index in [2.05, 4.69) is 59.5 Å². The molecule has 0 aromatic heterocycles. The van der Waals surface area contributed by atoms with Crippen LogP contribution in [-0.4, -0.2) is 48.0 Å². The van der Waals surface area contributed by atoms with Crippen LogP contribution in [0.1, 0.15) is 47.2 Å². The zero-order valence-corrected chi connectivity index (χ0v) is 20.8. The highest BCUT2D eigenvalue weighted by molar-refractivity contribution is 5.94. The number of piperidine rings is 2. The van der Waals surface area contributed by atoms with Crippen LogP contribution < -0.4 is 4.74 Å². The van der Waals surface area contributed by atoms with E-state index in [1.54, 1.807) is 17.0 Å². The third kappa shape index (κ3) is 6.52. The predicted molar refractivity (Wildman–Crippen MR) is 141 cm³/mol. The lowest BCUT2D eigenvalue weighted by atomic mass is 9.90. The highest BCUT2D eigenvalue weighted by Gasteiger charge is 2.25. The van der Waals surface area contributed by atoms with Gasteiger partial charge in [-0.2, -0.15) is 0 Å². The largest absolute Gasteiger partial charge is 0.490 e. The molecule has 0 unspecified atom stereocenters. The smallest absolute Gasteiger partial charge is 0.253 e. The summed E-state index contributed by atoms with van der Waals surface area (Å²) in [6.07, 6.45) is 5.36.